The molecule has 0 fully saturated rings. The van der Waals surface area contributed by atoms with Gasteiger partial charge in [0.1, 0.15) is 10.8 Å². The number of aromatic nitrogens is 2. The fourth-order valence-corrected chi connectivity index (χ4v) is 2.18. The first-order valence-electron chi connectivity index (χ1n) is 5.92. The van der Waals surface area contributed by atoms with Gasteiger partial charge in [0.2, 0.25) is 0 Å². The molecule has 0 atom stereocenters. The molecule has 1 heterocycles. The largest absolute Gasteiger partial charge is 0.382 e. The Labute approximate surface area is 113 Å². The van der Waals surface area contributed by atoms with Crippen LogP contribution in [0.15, 0.2) is 24.3 Å². The monoisotopic (exact) mass is 263 g/mol. The zero-order chi connectivity index (χ0) is 13.5. The van der Waals surface area contributed by atoms with Gasteiger partial charge in [-0.05, 0) is 19.1 Å². The van der Waals surface area contributed by atoms with Crippen molar-refractivity contribution in [1.82, 2.24) is 9.78 Å². The molecule has 3 nitrogen and oxygen atoms in total. The van der Waals surface area contributed by atoms with Gasteiger partial charge in [0.05, 0.1) is 11.4 Å². The van der Waals surface area contributed by atoms with E-state index in [9.17, 15) is 0 Å². The molecule has 0 bridgehead atoms. The zero-order valence-corrected chi connectivity index (χ0v) is 11.9. The highest BCUT2D eigenvalue weighted by molar-refractivity contribution is 6.33. The molecule has 1 aromatic carbocycles. The van der Waals surface area contributed by atoms with Crippen LogP contribution in [0.5, 0.6) is 0 Å². The predicted octanol–water partition coefficient (Wildman–Crippen LogP) is 3.71. The van der Waals surface area contributed by atoms with Gasteiger partial charge in [-0.3, -0.25) is 0 Å². The predicted molar refractivity (Wildman–Crippen MR) is 76.4 cm³/mol. The van der Waals surface area contributed by atoms with Crippen molar-refractivity contribution in [1.29, 1.82) is 0 Å². The summed E-state index contributed by atoms with van der Waals surface area (Å²) in [6.45, 7) is 8.25. The van der Waals surface area contributed by atoms with E-state index >= 15 is 0 Å². The molecule has 18 heavy (non-hydrogen) atoms. The van der Waals surface area contributed by atoms with Gasteiger partial charge in [0.15, 0.2) is 0 Å². The number of hydrogen-bond acceptors (Lipinski definition) is 2. The average Bonchev–Trinajstić information content (AvgIpc) is 2.57. The van der Waals surface area contributed by atoms with Crippen molar-refractivity contribution in [2.75, 3.05) is 5.73 Å². The fraction of sp³-hybridized carbons (Fsp3) is 0.357. The summed E-state index contributed by atoms with van der Waals surface area (Å²) in [5.41, 5.74) is 8.86. The third-order valence-electron chi connectivity index (χ3n) is 2.85. The lowest BCUT2D eigenvalue weighted by Gasteiger charge is -2.15. The smallest absolute Gasteiger partial charge is 0.146 e. The molecule has 0 saturated carbocycles. The van der Waals surface area contributed by atoms with E-state index in [-0.39, 0.29) is 5.41 Å². The third kappa shape index (κ3) is 2.23. The van der Waals surface area contributed by atoms with Crippen molar-refractivity contribution in [3.63, 3.8) is 0 Å². The Morgan fingerprint density at radius 2 is 1.72 bits per heavy atom. The van der Waals surface area contributed by atoms with Crippen LogP contribution in [0.25, 0.3) is 5.69 Å². The van der Waals surface area contributed by atoms with Crippen LogP contribution in [-0.2, 0) is 5.41 Å². The molecule has 0 aliphatic rings. The summed E-state index contributed by atoms with van der Waals surface area (Å²) in [7, 11) is 0. The maximum absolute atomic E-state index is 6.27. The number of rotatable bonds is 1. The number of aryl methyl sites for hydroxylation is 1. The van der Waals surface area contributed by atoms with Crippen molar-refractivity contribution >= 4 is 17.4 Å². The lowest BCUT2D eigenvalue weighted by atomic mass is 9.92. The highest BCUT2D eigenvalue weighted by Crippen LogP contribution is 2.33. The van der Waals surface area contributed by atoms with E-state index in [1.54, 1.807) is 4.68 Å². The molecule has 4 heteroatoms. The van der Waals surface area contributed by atoms with Crippen molar-refractivity contribution in [3.05, 3.63) is 40.5 Å². The van der Waals surface area contributed by atoms with E-state index in [1.165, 1.54) is 5.56 Å². The van der Waals surface area contributed by atoms with Crippen LogP contribution < -0.4 is 5.73 Å². The minimum atomic E-state index is -0.124. The van der Waals surface area contributed by atoms with Gasteiger partial charge in [0, 0.05) is 5.41 Å². The molecule has 0 unspecified atom stereocenters. The second-order valence-electron chi connectivity index (χ2n) is 5.55. The van der Waals surface area contributed by atoms with Gasteiger partial charge in [-0.1, -0.05) is 50.1 Å². The molecule has 0 saturated heterocycles. The van der Waals surface area contributed by atoms with E-state index in [1.807, 2.05) is 31.2 Å². The van der Waals surface area contributed by atoms with Gasteiger partial charge in [0.25, 0.3) is 0 Å². The first-order chi connectivity index (χ1) is 8.30. The summed E-state index contributed by atoms with van der Waals surface area (Å²) in [6.07, 6.45) is 0. The summed E-state index contributed by atoms with van der Waals surface area (Å²) in [5.74, 6) is 0.491. The quantitative estimate of drug-likeness (QED) is 0.852. The number of nitrogens with zero attached hydrogens (tertiary/aromatic N) is 2. The van der Waals surface area contributed by atoms with Gasteiger partial charge >= 0.3 is 0 Å². The van der Waals surface area contributed by atoms with Crippen LogP contribution in [0.2, 0.25) is 5.02 Å². The maximum atomic E-state index is 6.27. The van der Waals surface area contributed by atoms with Crippen LogP contribution >= 0.6 is 11.6 Å². The van der Waals surface area contributed by atoms with Crippen LogP contribution in [0.4, 0.5) is 5.82 Å². The Bertz CT molecular complexity index is 562. The van der Waals surface area contributed by atoms with E-state index < -0.39 is 0 Å². The topological polar surface area (TPSA) is 43.8 Å². The minimum absolute atomic E-state index is 0.124. The van der Waals surface area contributed by atoms with Crippen LogP contribution in [0.1, 0.15) is 32.0 Å². The molecule has 0 spiro atoms. The Kier molecular flexibility index (Phi) is 3.11. The Morgan fingerprint density at radius 1 is 1.17 bits per heavy atom. The van der Waals surface area contributed by atoms with Gasteiger partial charge in [-0.2, -0.15) is 5.10 Å². The number of nitrogen functional groups attached to an aromatic ring is 1. The van der Waals surface area contributed by atoms with Gasteiger partial charge in [-0.15, -0.1) is 0 Å². The number of hydrogen-bond donors (Lipinski definition) is 1. The first-order valence-corrected chi connectivity index (χ1v) is 6.30. The highest BCUT2D eigenvalue weighted by atomic mass is 35.5. The molecular formula is C14H18ClN3. The lowest BCUT2D eigenvalue weighted by molar-refractivity contribution is 0.560. The summed E-state index contributed by atoms with van der Waals surface area (Å²) < 4.78 is 1.70. The molecule has 96 valence electrons. The third-order valence-corrected chi connectivity index (χ3v) is 3.22. The molecule has 2 rings (SSSR count). The minimum Gasteiger partial charge on any atom is -0.382 e. The van der Waals surface area contributed by atoms with Crippen molar-refractivity contribution in [2.45, 2.75) is 33.1 Å². The normalized spacial score (nSPS) is 11.8. The molecular weight excluding hydrogens is 246 g/mol. The summed E-state index contributed by atoms with van der Waals surface area (Å²) in [4.78, 5) is 0. The van der Waals surface area contributed by atoms with E-state index in [4.69, 9.17) is 17.3 Å². The Balaban J connectivity index is 2.56. The summed E-state index contributed by atoms with van der Waals surface area (Å²) in [5, 5.41) is 5.08. The highest BCUT2D eigenvalue weighted by Gasteiger charge is 2.25. The van der Waals surface area contributed by atoms with Crippen molar-refractivity contribution in [3.8, 4) is 5.69 Å². The molecule has 1 aromatic heterocycles. The standard InChI is InChI=1S/C14H18ClN3/c1-9-5-7-10(8-6-9)18-13(16)11(15)12(17-18)14(2,3)4/h5-8H,16H2,1-4H3. The Morgan fingerprint density at radius 3 is 2.17 bits per heavy atom. The molecule has 0 radical (unpaired) electrons. The maximum Gasteiger partial charge on any atom is 0.146 e. The van der Waals surface area contributed by atoms with Crippen LogP contribution in [0, 0.1) is 6.92 Å². The molecule has 2 aromatic rings. The molecule has 2 N–H and O–H groups in total. The molecule has 0 aliphatic carbocycles. The molecule has 0 aliphatic heterocycles. The summed E-state index contributed by atoms with van der Waals surface area (Å²) in [6, 6.07) is 8.03. The second-order valence-corrected chi connectivity index (χ2v) is 5.92. The lowest BCUT2D eigenvalue weighted by Crippen LogP contribution is -2.13. The summed E-state index contributed by atoms with van der Waals surface area (Å²) >= 11 is 6.27. The number of nitrogens with two attached hydrogens (primary N) is 1. The number of halogens is 1. The number of anilines is 1. The average molecular weight is 264 g/mol. The van der Waals surface area contributed by atoms with E-state index in [0.29, 0.717) is 10.8 Å². The van der Waals surface area contributed by atoms with Crippen LogP contribution in [0.3, 0.4) is 0 Å². The SMILES string of the molecule is Cc1ccc(-n2nc(C(C)(C)C)c(Cl)c2N)cc1. The van der Waals surface area contributed by atoms with Crippen molar-refractivity contribution in [2.24, 2.45) is 0 Å². The van der Waals surface area contributed by atoms with Crippen molar-refractivity contribution < 1.29 is 0 Å². The second kappa shape index (κ2) is 4.32. The Hall–Kier alpha value is -1.48. The van der Waals surface area contributed by atoms with E-state index in [0.717, 1.165) is 11.4 Å². The van der Waals surface area contributed by atoms with Gasteiger partial charge in [-0.25, -0.2) is 4.68 Å². The van der Waals surface area contributed by atoms with E-state index in [2.05, 4.69) is 25.9 Å². The zero-order valence-electron chi connectivity index (χ0n) is 11.2. The number of benzene rings is 1. The first kappa shape index (κ1) is 13.0. The molecule has 0 amide bonds. The fourth-order valence-electron chi connectivity index (χ4n) is 1.77. The van der Waals surface area contributed by atoms with Crippen LogP contribution in [-0.4, -0.2) is 9.78 Å². The van der Waals surface area contributed by atoms with Gasteiger partial charge < -0.3 is 5.73 Å².